The Morgan fingerprint density at radius 1 is 1.24 bits per heavy atom. The quantitative estimate of drug-likeness (QED) is 0.800. The van der Waals surface area contributed by atoms with Crippen molar-refractivity contribution >= 4 is 22.5 Å². The van der Waals surface area contributed by atoms with Crippen LogP contribution in [0.3, 0.4) is 0 Å². The van der Waals surface area contributed by atoms with Gasteiger partial charge in [-0.15, -0.1) is 11.6 Å². The molecule has 2 aromatic rings. The fraction of sp³-hybridized carbons (Fsp3) is 0.500. The molecule has 0 amide bonds. The molecule has 2 bridgehead atoms. The van der Waals surface area contributed by atoms with E-state index in [4.69, 9.17) is 11.6 Å². The summed E-state index contributed by atoms with van der Waals surface area (Å²) in [6.45, 7) is 3.27. The summed E-state index contributed by atoms with van der Waals surface area (Å²) in [4.78, 5) is 20.0. The number of para-hydroxylation sites is 1. The average molecular weight is 304 g/mol. The summed E-state index contributed by atoms with van der Waals surface area (Å²) < 4.78 is 1.88. The average Bonchev–Trinajstić information content (AvgIpc) is 2.55. The first-order valence-corrected chi connectivity index (χ1v) is 8.10. The van der Waals surface area contributed by atoms with Crippen LogP contribution >= 0.6 is 11.6 Å². The number of hydrogen-bond donors (Lipinski definition) is 0. The molecule has 0 saturated carbocycles. The number of aromatic nitrogens is 2. The van der Waals surface area contributed by atoms with E-state index in [0.29, 0.717) is 17.1 Å². The van der Waals surface area contributed by atoms with E-state index in [1.165, 1.54) is 12.8 Å². The Labute approximate surface area is 128 Å². The van der Waals surface area contributed by atoms with Gasteiger partial charge in [-0.2, -0.15) is 0 Å². The van der Waals surface area contributed by atoms with Gasteiger partial charge in [0.05, 0.1) is 22.8 Å². The zero-order chi connectivity index (χ0) is 14.4. The molecule has 5 rings (SSSR count). The monoisotopic (exact) mass is 303 g/mol. The van der Waals surface area contributed by atoms with Crippen LogP contribution in [0.2, 0.25) is 0 Å². The number of alkyl halides is 1. The second-order valence-electron chi connectivity index (χ2n) is 6.06. The maximum absolute atomic E-state index is 12.9. The highest BCUT2D eigenvalue weighted by Gasteiger charge is 2.36. The van der Waals surface area contributed by atoms with Crippen LogP contribution in [-0.4, -0.2) is 34.1 Å². The van der Waals surface area contributed by atoms with Gasteiger partial charge in [0.1, 0.15) is 5.82 Å². The van der Waals surface area contributed by atoms with Crippen molar-refractivity contribution in [2.24, 2.45) is 5.92 Å². The van der Waals surface area contributed by atoms with Crippen LogP contribution in [0.5, 0.6) is 0 Å². The van der Waals surface area contributed by atoms with E-state index in [0.717, 1.165) is 25.2 Å². The van der Waals surface area contributed by atoms with Crippen molar-refractivity contribution in [3.05, 3.63) is 40.4 Å². The van der Waals surface area contributed by atoms with Crippen LogP contribution in [0.15, 0.2) is 29.1 Å². The van der Waals surface area contributed by atoms with E-state index in [2.05, 4.69) is 9.88 Å². The van der Waals surface area contributed by atoms with Gasteiger partial charge in [0, 0.05) is 6.54 Å². The molecule has 3 saturated heterocycles. The van der Waals surface area contributed by atoms with Crippen molar-refractivity contribution in [3.63, 3.8) is 0 Å². The lowest BCUT2D eigenvalue weighted by molar-refractivity contribution is 0.0540. The number of fused-ring (bicyclic) bond motifs is 4. The van der Waals surface area contributed by atoms with Crippen molar-refractivity contribution in [1.29, 1.82) is 0 Å². The van der Waals surface area contributed by atoms with Gasteiger partial charge < -0.3 is 4.90 Å². The Morgan fingerprint density at radius 2 is 2.00 bits per heavy atom. The number of piperidine rings is 3. The van der Waals surface area contributed by atoms with E-state index in [-0.39, 0.29) is 17.5 Å². The molecule has 1 unspecified atom stereocenters. The molecule has 21 heavy (non-hydrogen) atoms. The molecule has 1 aromatic heterocycles. The van der Waals surface area contributed by atoms with Crippen molar-refractivity contribution in [3.8, 4) is 0 Å². The highest BCUT2D eigenvalue weighted by atomic mass is 35.5. The van der Waals surface area contributed by atoms with Crippen LogP contribution < -0.4 is 5.56 Å². The molecule has 0 N–H and O–H groups in total. The number of benzene rings is 1. The lowest BCUT2D eigenvalue weighted by atomic mass is 9.83. The first-order valence-electron chi connectivity index (χ1n) is 7.56. The fourth-order valence-corrected chi connectivity index (χ4v) is 4.04. The third-order valence-electron chi connectivity index (χ3n) is 4.95. The van der Waals surface area contributed by atoms with E-state index in [1.54, 1.807) is 0 Å². The fourth-order valence-electron chi connectivity index (χ4n) is 3.85. The Balaban J connectivity index is 1.91. The Hall–Kier alpha value is -1.39. The highest BCUT2D eigenvalue weighted by molar-refractivity contribution is 6.16. The summed E-state index contributed by atoms with van der Waals surface area (Å²) in [7, 11) is 0. The van der Waals surface area contributed by atoms with Crippen LogP contribution in [-0.2, 0) is 5.88 Å². The van der Waals surface area contributed by atoms with Crippen molar-refractivity contribution in [2.45, 2.75) is 24.8 Å². The molecule has 4 nitrogen and oxygen atoms in total. The first kappa shape index (κ1) is 13.3. The van der Waals surface area contributed by atoms with E-state index in [1.807, 2.05) is 28.8 Å². The minimum Gasteiger partial charge on any atom is -0.301 e. The molecule has 1 aromatic carbocycles. The van der Waals surface area contributed by atoms with Crippen LogP contribution in [0.4, 0.5) is 0 Å². The molecular weight excluding hydrogens is 286 g/mol. The lowest BCUT2D eigenvalue weighted by Gasteiger charge is -2.45. The van der Waals surface area contributed by atoms with Gasteiger partial charge in [0.2, 0.25) is 0 Å². The number of nitrogens with zero attached hydrogens (tertiary/aromatic N) is 3. The van der Waals surface area contributed by atoms with Crippen LogP contribution in [0.25, 0.3) is 10.9 Å². The lowest BCUT2D eigenvalue weighted by Crippen LogP contribution is -2.50. The number of halogens is 1. The molecule has 3 aliphatic heterocycles. The second-order valence-corrected chi connectivity index (χ2v) is 6.33. The number of rotatable bonds is 2. The van der Waals surface area contributed by atoms with Gasteiger partial charge in [0.25, 0.3) is 5.56 Å². The molecular formula is C16H18ClN3O. The Kier molecular flexibility index (Phi) is 3.23. The molecule has 4 heterocycles. The molecule has 3 aliphatic rings. The van der Waals surface area contributed by atoms with Gasteiger partial charge in [-0.25, -0.2) is 4.98 Å². The molecule has 0 spiro atoms. The minimum atomic E-state index is 0.0648. The van der Waals surface area contributed by atoms with Gasteiger partial charge in [-0.05, 0) is 44.0 Å². The maximum atomic E-state index is 12.9. The Morgan fingerprint density at radius 3 is 2.67 bits per heavy atom. The summed E-state index contributed by atoms with van der Waals surface area (Å²) in [5, 5.41) is 0.697. The van der Waals surface area contributed by atoms with E-state index in [9.17, 15) is 4.79 Å². The zero-order valence-corrected chi connectivity index (χ0v) is 12.6. The standard InChI is InChI=1S/C16H18ClN3O/c17-9-15-18-13-4-2-1-3-12(13)16(21)20(15)14-10-19-7-5-11(14)6-8-19/h1-4,11,14H,5-10H2. The predicted molar refractivity (Wildman–Crippen MR) is 83.8 cm³/mol. The topological polar surface area (TPSA) is 38.1 Å². The van der Waals surface area contributed by atoms with Crippen molar-refractivity contribution in [1.82, 2.24) is 14.5 Å². The smallest absolute Gasteiger partial charge is 0.261 e. The summed E-state index contributed by atoms with van der Waals surface area (Å²) >= 11 is 6.09. The summed E-state index contributed by atoms with van der Waals surface area (Å²) in [5.74, 6) is 1.57. The highest BCUT2D eigenvalue weighted by Crippen LogP contribution is 2.35. The molecule has 5 heteroatoms. The molecule has 3 fully saturated rings. The summed E-state index contributed by atoms with van der Waals surface area (Å²) in [5.41, 5.74) is 0.811. The summed E-state index contributed by atoms with van der Waals surface area (Å²) in [6, 6.07) is 7.78. The summed E-state index contributed by atoms with van der Waals surface area (Å²) in [6.07, 6.45) is 2.34. The zero-order valence-electron chi connectivity index (χ0n) is 11.8. The number of hydrogen-bond acceptors (Lipinski definition) is 3. The van der Waals surface area contributed by atoms with Crippen molar-refractivity contribution in [2.75, 3.05) is 19.6 Å². The van der Waals surface area contributed by atoms with E-state index < -0.39 is 0 Å². The second kappa shape index (κ2) is 5.11. The van der Waals surface area contributed by atoms with Gasteiger partial charge in [-0.1, -0.05) is 12.1 Å². The Bertz CT molecular complexity index is 734. The minimum absolute atomic E-state index is 0.0648. The SMILES string of the molecule is O=c1c2ccccc2nc(CCl)n1C1CN2CCC1CC2. The van der Waals surface area contributed by atoms with Crippen LogP contribution in [0, 0.1) is 5.92 Å². The van der Waals surface area contributed by atoms with Gasteiger partial charge in [0.15, 0.2) is 0 Å². The first-order chi connectivity index (χ1) is 10.3. The van der Waals surface area contributed by atoms with Crippen molar-refractivity contribution < 1.29 is 0 Å². The normalized spacial score (nSPS) is 28.1. The molecule has 0 radical (unpaired) electrons. The third kappa shape index (κ3) is 2.09. The third-order valence-corrected chi connectivity index (χ3v) is 5.19. The predicted octanol–water partition coefficient (Wildman–Crippen LogP) is 2.40. The molecule has 110 valence electrons. The maximum Gasteiger partial charge on any atom is 0.261 e. The molecule has 0 aliphatic carbocycles. The van der Waals surface area contributed by atoms with Crippen LogP contribution in [0.1, 0.15) is 24.7 Å². The van der Waals surface area contributed by atoms with E-state index >= 15 is 0 Å². The molecule has 1 atom stereocenters. The largest absolute Gasteiger partial charge is 0.301 e. The van der Waals surface area contributed by atoms with Gasteiger partial charge >= 0.3 is 0 Å². The van der Waals surface area contributed by atoms with Gasteiger partial charge in [-0.3, -0.25) is 9.36 Å².